The van der Waals surface area contributed by atoms with Crippen molar-refractivity contribution in [1.82, 2.24) is 5.32 Å². The lowest BCUT2D eigenvalue weighted by atomic mass is 10.1. The second-order valence-corrected chi connectivity index (χ2v) is 5.61. The van der Waals surface area contributed by atoms with Crippen LogP contribution in [0.3, 0.4) is 0 Å². The van der Waals surface area contributed by atoms with Crippen LogP contribution in [0.5, 0.6) is 11.5 Å². The lowest BCUT2D eigenvalue weighted by Crippen LogP contribution is -2.32. The third-order valence-electron chi connectivity index (χ3n) is 3.35. The van der Waals surface area contributed by atoms with E-state index in [1.54, 1.807) is 42.5 Å². The van der Waals surface area contributed by atoms with Gasteiger partial charge in [0.1, 0.15) is 17.1 Å². The van der Waals surface area contributed by atoms with Gasteiger partial charge < -0.3 is 25.4 Å². The van der Waals surface area contributed by atoms with Crippen LogP contribution in [0.4, 0.5) is 11.4 Å². The highest BCUT2D eigenvalue weighted by atomic mass is 32.1. The fourth-order valence-electron chi connectivity index (χ4n) is 2.23. The number of methoxy groups -OCH3 is 2. The molecule has 136 valence electrons. The van der Waals surface area contributed by atoms with Gasteiger partial charge in [-0.1, -0.05) is 6.07 Å². The number of hydrogen-bond donors (Lipinski definition) is 3. The van der Waals surface area contributed by atoms with Crippen molar-refractivity contribution in [3.05, 3.63) is 48.0 Å². The van der Waals surface area contributed by atoms with Crippen molar-refractivity contribution >= 4 is 40.5 Å². The summed E-state index contributed by atoms with van der Waals surface area (Å²) in [7, 11) is 2.98. The highest BCUT2D eigenvalue weighted by Crippen LogP contribution is 2.29. The maximum Gasteiger partial charge on any atom is 0.263 e. The van der Waals surface area contributed by atoms with Crippen molar-refractivity contribution in [3.63, 3.8) is 0 Å². The molecule has 0 radical (unpaired) electrons. The zero-order valence-corrected chi connectivity index (χ0v) is 15.4. The minimum Gasteiger partial charge on any atom is -0.496 e. The Labute approximate surface area is 156 Å². The number of carbonyl (C=O) groups excluding carboxylic acids is 2. The first-order chi connectivity index (χ1) is 12.4. The van der Waals surface area contributed by atoms with Gasteiger partial charge in [0.25, 0.3) is 5.91 Å². The van der Waals surface area contributed by atoms with E-state index in [2.05, 4.69) is 16.0 Å². The van der Waals surface area contributed by atoms with Crippen LogP contribution in [0.15, 0.2) is 42.5 Å². The first kappa shape index (κ1) is 19.2. The molecule has 2 aromatic carbocycles. The van der Waals surface area contributed by atoms with Gasteiger partial charge in [-0.05, 0) is 48.6 Å². The van der Waals surface area contributed by atoms with E-state index in [9.17, 15) is 9.59 Å². The van der Waals surface area contributed by atoms with Gasteiger partial charge in [0, 0.05) is 18.3 Å². The Morgan fingerprint density at radius 3 is 1.85 bits per heavy atom. The molecule has 0 saturated heterocycles. The van der Waals surface area contributed by atoms with Crippen LogP contribution < -0.4 is 25.4 Å². The Kier molecular flexibility index (Phi) is 6.51. The van der Waals surface area contributed by atoms with E-state index in [4.69, 9.17) is 21.7 Å². The Morgan fingerprint density at radius 2 is 1.38 bits per heavy atom. The summed E-state index contributed by atoms with van der Waals surface area (Å²) in [5.41, 5.74) is 1.57. The smallest absolute Gasteiger partial charge is 0.263 e. The molecule has 0 unspecified atom stereocenters. The van der Waals surface area contributed by atoms with Gasteiger partial charge in [-0.2, -0.15) is 0 Å². The largest absolute Gasteiger partial charge is 0.496 e. The maximum atomic E-state index is 12.6. The minimum absolute atomic E-state index is 0.202. The quantitative estimate of drug-likeness (QED) is 0.699. The number of anilines is 2. The first-order valence-electron chi connectivity index (χ1n) is 7.65. The van der Waals surface area contributed by atoms with Crippen LogP contribution in [-0.4, -0.2) is 31.1 Å². The average Bonchev–Trinajstić information content (AvgIpc) is 2.61. The van der Waals surface area contributed by atoms with E-state index in [-0.39, 0.29) is 16.9 Å². The summed E-state index contributed by atoms with van der Waals surface area (Å²) in [6.07, 6.45) is 0. The third-order valence-corrected chi connectivity index (χ3v) is 3.55. The molecule has 26 heavy (non-hydrogen) atoms. The van der Waals surface area contributed by atoms with Gasteiger partial charge in [-0.3, -0.25) is 9.59 Å². The maximum absolute atomic E-state index is 12.6. The molecule has 0 saturated carbocycles. The van der Waals surface area contributed by atoms with E-state index in [0.717, 1.165) is 0 Å². The summed E-state index contributed by atoms with van der Waals surface area (Å²) in [5.74, 6) is 0.229. The lowest BCUT2D eigenvalue weighted by Gasteiger charge is -2.13. The molecule has 0 aliphatic carbocycles. The van der Waals surface area contributed by atoms with E-state index in [1.807, 2.05) is 0 Å². The number of rotatable bonds is 5. The van der Waals surface area contributed by atoms with E-state index >= 15 is 0 Å². The second kappa shape index (κ2) is 8.82. The van der Waals surface area contributed by atoms with Gasteiger partial charge in [0.05, 0.1) is 14.2 Å². The fourth-order valence-corrected chi connectivity index (χ4v) is 2.49. The van der Waals surface area contributed by atoms with Crippen molar-refractivity contribution in [2.75, 3.05) is 24.9 Å². The molecule has 2 amide bonds. The summed E-state index contributed by atoms with van der Waals surface area (Å²) in [6, 6.07) is 12.0. The van der Waals surface area contributed by atoms with Gasteiger partial charge in [-0.25, -0.2) is 0 Å². The predicted octanol–water partition coefficient (Wildman–Crippen LogP) is 2.79. The lowest BCUT2D eigenvalue weighted by molar-refractivity contribution is -0.117. The molecule has 0 aliphatic heterocycles. The molecule has 0 spiro atoms. The van der Waals surface area contributed by atoms with Gasteiger partial charge in [0.2, 0.25) is 5.91 Å². The molecule has 0 aliphatic rings. The minimum atomic E-state index is -0.353. The molecule has 2 aromatic rings. The highest BCUT2D eigenvalue weighted by Gasteiger charge is 2.18. The van der Waals surface area contributed by atoms with Gasteiger partial charge >= 0.3 is 0 Å². The fraction of sp³-hybridized carbons (Fsp3) is 0.167. The zero-order chi connectivity index (χ0) is 19.1. The van der Waals surface area contributed by atoms with Gasteiger partial charge in [-0.15, -0.1) is 0 Å². The van der Waals surface area contributed by atoms with Gasteiger partial charge in [0.15, 0.2) is 5.11 Å². The number of benzene rings is 2. The summed E-state index contributed by atoms with van der Waals surface area (Å²) >= 11 is 4.99. The molecule has 0 bridgehead atoms. The van der Waals surface area contributed by atoms with Crippen LogP contribution in [0.25, 0.3) is 0 Å². The standard InChI is InChI=1S/C18H19N3O4S/c1-11(22)19-18(26)21-13-9-7-12(8-10-13)20-17(23)16-14(24-2)5-4-6-15(16)25-3/h4-10H,1-3H3,(H,20,23)(H2,19,21,22,26). The summed E-state index contributed by atoms with van der Waals surface area (Å²) in [6.45, 7) is 1.37. The molecule has 0 fully saturated rings. The molecule has 7 nitrogen and oxygen atoms in total. The number of ether oxygens (including phenoxy) is 2. The topological polar surface area (TPSA) is 88.7 Å². The third kappa shape index (κ3) is 4.93. The number of carbonyl (C=O) groups is 2. The zero-order valence-electron chi connectivity index (χ0n) is 14.6. The predicted molar refractivity (Wildman–Crippen MR) is 104 cm³/mol. The Hall–Kier alpha value is -3.13. The van der Waals surface area contributed by atoms with Crippen molar-refractivity contribution in [2.24, 2.45) is 0 Å². The molecule has 0 atom stereocenters. The molecular weight excluding hydrogens is 354 g/mol. The average molecular weight is 373 g/mol. The summed E-state index contributed by atoms with van der Waals surface area (Å²) in [5, 5.41) is 8.33. The molecule has 8 heteroatoms. The van der Waals surface area contributed by atoms with Crippen molar-refractivity contribution < 1.29 is 19.1 Å². The Balaban J connectivity index is 2.11. The van der Waals surface area contributed by atoms with Crippen LogP contribution in [-0.2, 0) is 4.79 Å². The molecule has 3 N–H and O–H groups in total. The second-order valence-electron chi connectivity index (χ2n) is 5.20. The van der Waals surface area contributed by atoms with E-state index in [1.165, 1.54) is 21.1 Å². The Morgan fingerprint density at radius 1 is 0.885 bits per heavy atom. The number of hydrogen-bond acceptors (Lipinski definition) is 5. The molecule has 0 heterocycles. The Bertz CT molecular complexity index is 799. The summed E-state index contributed by atoms with van der Waals surface area (Å²) < 4.78 is 10.5. The highest BCUT2D eigenvalue weighted by molar-refractivity contribution is 7.80. The van der Waals surface area contributed by atoms with E-state index < -0.39 is 0 Å². The monoisotopic (exact) mass is 373 g/mol. The number of nitrogens with one attached hydrogen (secondary N) is 3. The van der Waals surface area contributed by atoms with E-state index in [0.29, 0.717) is 28.4 Å². The van der Waals surface area contributed by atoms with Crippen LogP contribution in [0.1, 0.15) is 17.3 Å². The number of thiocarbonyl (C=S) groups is 1. The SMILES string of the molecule is COc1cccc(OC)c1C(=O)Nc1ccc(NC(=S)NC(C)=O)cc1. The van der Waals surface area contributed by atoms with Crippen molar-refractivity contribution in [2.45, 2.75) is 6.92 Å². The van der Waals surface area contributed by atoms with Crippen LogP contribution in [0.2, 0.25) is 0 Å². The molecule has 0 aromatic heterocycles. The van der Waals surface area contributed by atoms with Crippen molar-refractivity contribution in [1.29, 1.82) is 0 Å². The first-order valence-corrected chi connectivity index (χ1v) is 8.06. The molecular formula is C18H19N3O4S. The van der Waals surface area contributed by atoms with Crippen LogP contribution >= 0.6 is 12.2 Å². The number of amides is 2. The molecule has 2 rings (SSSR count). The summed E-state index contributed by atoms with van der Waals surface area (Å²) in [4.78, 5) is 23.6. The normalized spacial score (nSPS) is 9.81. The van der Waals surface area contributed by atoms with Crippen molar-refractivity contribution in [3.8, 4) is 11.5 Å². The van der Waals surface area contributed by atoms with Crippen LogP contribution in [0, 0.1) is 0 Å².